The van der Waals surface area contributed by atoms with Gasteiger partial charge < -0.3 is 9.84 Å². The summed E-state index contributed by atoms with van der Waals surface area (Å²) >= 11 is 1.64. The minimum absolute atomic E-state index is 0.190. The van der Waals surface area contributed by atoms with E-state index in [1.807, 2.05) is 5.38 Å². The van der Waals surface area contributed by atoms with E-state index >= 15 is 0 Å². The number of aromatic carboxylic acids is 1. The topological polar surface area (TPSA) is 59.4 Å². The lowest BCUT2D eigenvalue weighted by Gasteiger charge is -2.07. The maximum atomic E-state index is 11.0. The van der Waals surface area contributed by atoms with Crippen molar-refractivity contribution in [2.75, 3.05) is 6.61 Å². The Kier molecular flexibility index (Phi) is 4.52. The molecule has 0 radical (unpaired) electrons. The summed E-state index contributed by atoms with van der Waals surface area (Å²) in [6, 6.07) is 6.65. The first kappa shape index (κ1) is 13.5. The third kappa shape index (κ3) is 3.54. The number of aryl methyl sites for hydroxylation is 1. The molecular weight excluding hydrogens is 262 g/mol. The Labute approximate surface area is 115 Å². The number of hydrogen-bond acceptors (Lipinski definition) is 4. The molecule has 5 heteroatoms. The molecule has 0 saturated heterocycles. The van der Waals surface area contributed by atoms with Gasteiger partial charge in [-0.3, -0.25) is 0 Å². The van der Waals surface area contributed by atoms with Crippen molar-refractivity contribution in [1.29, 1.82) is 0 Å². The Bertz CT molecular complexity index is 565. The number of benzene rings is 1. The first-order valence-electron chi connectivity index (χ1n) is 6.09. The fourth-order valence-corrected chi connectivity index (χ4v) is 2.44. The van der Waals surface area contributed by atoms with Crippen LogP contribution in [-0.2, 0) is 12.8 Å². The molecule has 1 N–H and O–H groups in total. The molecule has 0 bridgehead atoms. The number of aromatic nitrogens is 1. The number of carbonyl (C=O) groups is 1. The van der Waals surface area contributed by atoms with E-state index in [0.717, 1.165) is 17.1 Å². The van der Waals surface area contributed by atoms with Gasteiger partial charge in [-0.05, 0) is 18.6 Å². The lowest BCUT2D eigenvalue weighted by molar-refractivity contribution is 0.0692. The molecular formula is C14H15NO3S. The van der Waals surface area contributed by atoms with Crippen molar-refractivity contribution in [2.45, 2.75) is 19.8 Å². The number of thiazole rings is 1. The maximum Gasteiger partial charge on any atom is 0.339 e. The number of rotatable bonds is 6. The number of carboxylic acid groups (broad SMARTS) is 1. The zero-order valence-corrected chi connectivity index (χ0v) is 11.4. The Hall–Kier alpha value is -1.88. The van der Waals surface area contributed by atoms with Crippen molar-refractivity contribution in [2.24, 2.45) is 0 Å². The van der Waals surface area contributed by atoms with Crippen LogP contribution in [0, 0.1) is 0 Å². The van der Waals surface area contributed by atoms with E-state index in [-0.39, 0.29) is 5.56 Å². The summed E-state index contributed by atoms with van der Waals surface area (Å²) in [5.74, 6) is -0.571. The molecule has 19 heavy (non-hydrogen) atoms. The second-order valence-electron chi connectivity index (χ2n) is 3.99. The predicted molar refractivity (Wildman–Crippen MR) is 74.1 cm³/mol. The monoisotopic (exact) mass is 277 g/mol. The quantitative estimate of drug-likeness (QED) is 0.881. The third-order valence-electron chi connectivity index (χ3n) is 2.63. The fraction of sp³-hybridized carbons (Fsp3) is 0.286. The molecule has 2 rings (SSSR count). The van der Waals surface area contributed by atoms with Gasteiger partial charge in [0.1, 0.15) is 11.3 Å². The first-order chi connectivity index (χ1) is 9.20. The normalized spacial score (nSPS) is 10.4. The van der Waals surface area contributed by atoms with E-state index in [9.17, 15) is 4.79 Å². The van der Waals surface area contributed by atoms with E-state index in [1.54, 1.807) is 29.5 Å². The lowest BCUT2D eigenvalue weighted by Crippen LogP contribution is -2.06. The predicted octanol–water partition coefficient (Wildman–Crippen LogP) is 3.03. The van der Waals surface area contributed by atoms with Crippen molar-refractivity contribution >= 4 is 17.3 Å². The van der Waals surface area contributed by atoms with Gasteiger partial charge in [-0.15, -0.1) is 11.3 Å². The summed E-state index contributed by atoms with van der Waals surface area (Å²) < 4.78 is 5.53. The van der Waals surface area contributed by atoms with Crippen molar-refractivity contribution in [3.8, 4) is 5.75 Å². The van der Waals surface area contributed by atoms with Crippen LogP contribution < -0.4 is 4.74 Å². The van der Waals surface area contributed by atoms with Crippen molar-refractivity contribution in [3.63, 3.8) is 0 Å². The van der Waals surface area contributed by atoms with Crippen LogP contribution in [-0.4, -0.2) is 22.7 Å². The standard InChI is InChI=1S/C14H15NO3S/c1-2-13-15-10(9-19-13)7-8-18-12-6-4-3-5-11(12)14(16)17/h3-6,9H,2,7-8H2,1H3,(H,16,17). The summed E-state index contributed by atoms with van der Waals surface area (Å²) in [6.07, 6.45) is 1.62. The van der Waals surface area contributed by atoms with Gasteiger partial charge in [0.25, 0.3) is 0 Å². The Morgan fingerprint density at radius 1 is 1.42 bits per heavy atom. The van der Waals surface area contributed by atoms with E-state index in [4.69, 9.17) is 9.84 Å². The minimum atomic E-state index is -0.975. The molecule has 0 atom stereocenters. The zero-order valence-electron chi connectivity index (χ0n) is 10.6. The maximum absolute atomic E-state index is 11.0. The van der Waals surface area contributed by atoms with Crippen LogP contribution in [0.25, 0.3) is 0 Å². The van der Waals surface area contributed by atoms with Gasteiger partial charge in [-0.1, -0.05) is 19.1 Å². The van der Waals surface area contributed by atoms with E-state index in [1.165, 1.54) is 6.07 Å². The van der Waals surface area contributed by atoms with Gasteiger partial charge in [-0.25, -0.2) is 9.78 Å². The Balaban J connectivity index is 1.94. The van der Waals surface area contributed by atoms with Gasteiger partial charge in [0.05, 0.1) is 17.3 Å². The van der Waals surface area contributed by atoms with Crippen LogP contribution in [0.1, 0.15) is 28.0 Å². The second-order valence-corrected chi connectivity index (χ2v) is 4.93. The summed E-state index contributed by atoms with van der Waals surface area (Å²) in [5.41, 5.74) is 1.18. The number of nitrogens with zero attached hydrogens (tertiary/aromatic N) is 1. The molecule has 2 aromatic rings. The molecule has 100 valence electrons. The van der Waals surface area contributed by atoms with E-state index in [2.05, 4.69) is 11.9 Å². The molecule has 4 nitrogen and oxygen atoms in total. The summed E-state index contributed by atoms with van der Waals surface area (Å²) in [4.78, 5) is 15.4. The highest BCUT2D eigenvalue weighted by molar-refractivity contribution is 7.09. The van der Waals surface area contributed by atoms with Crippen LogP contribution in [0.4, 0.5) is 0 Å². The molecule has 0 unspecified atom stereocenters. The van der Waals surface area contributed by atoms with Crippen LogP contribution in [0.2, 0.25) is 0 Å². The molecule has 0 aliphatic heterocycles. The van der Waals surface area contributed by atoms with Gasteiger partial charge in [0, 0.05) is 11.8 Å². The van der Waals surface area contributed by atoms with Crippen LogP contribution in [0.15, 0.2) is 29.6 Å². The van der Waals surface area contributed by atoms with Gasteiger partial charge in [0.2, 0.25) is 0 Å². The van der Waals surface area contributed by atoms with Crippen LogP contribution in [0.3, 0.4) is 0 Å². The Morgan fingerprint density at radius 2 is 2.21 bits per heavy atom. The summed E-state index contributed by atoms with van der Waals surface area (Å²) in [5, 5.41) is 12.2. The highest BCUT2D eigenvalue weighted by atomic mass is 32.1. The highest BCUT2D eigenvalue weighted by Gasteiger charge is 2.10. The number of hydrogen-bond donors (Lipinski definition) is 1. The first-order valence-corrected chi connectivity index (χ1v) is 6.97. The zero-order chi connectivity index (χ0) is 13.7. The number of ether oxygens (including phenoxy) is 1. The molecule has 1 aromatic carbocycles. The number of carboxylic acids is 1. The minimum Gasteiger partial charge on any atom is -0.492 e. The average Bonchev–Trinajstić information content (AvgIpc) is 2.87. The second kappa shape index (κ2) is 6.33. The average molecular weight is 277 g/mol. The van der Waals surface area contributed by atoms with E-state index < -0.39 is 5.97 Å². The van der Waals surface area contributed by atoms with Crippen molar-refractivity contribution in [3.05, 3.63) is 45.9 Å². The molecule has 0 amide bonds. The van der Waals surface area contributed by atoms with Gasteiger partial charge in [-0.2, -0.15) is 0 Å². The number of para-hydroxylation sites is 1. The van der Waals surface area contributed by atoms with E-state index in [0.29, 0.717) is 18.8 Å². The molecule has 0 spiro atoms. The van der Waals surface area contributed by atoms with Crippen LogP contribution in [0.5, 0.6) is 5.75 Å². The lowest BCUT2D eigenvalue weighted by atomic mass is 10.2. The molecule has 0 fully saturated rings. The summed E-state index contributed by atoms with van der Waals surface area (Å²) in [6.45, 7) is 2.50. The molecule has 1 heterocycles. The Morgan fingerprint density at radius 3 is 2.89 bits per heavy atom. The molecule has 1 aromatic heterocycles. The van der Waals surface area contributed by atoms with Crippen LogP contribution >= 0.6 is 11.3 Å². The molecule has 0 aliphatic carbocycles. The summed E-state index contributed by atoms with van der Waals surface area (Å²) in [7, 11) is 0. The third-order valence-corrected chi connectivity index (χ3v) is 3.68. The molecule has 0 aliphatic rings. The van der Waals surface area contributed by atoms with Gasteiger partial charge >= 0.3 is 5.97 Å². The van der Waals surface area contributed by atoms with Crippen molar-refractivity contribution < 1.29 is 14.6 Å². The highest BCUT2D eigenvalue weighted by Crippen LogP contribution is 2.18. The fourth-order valence-electron chi connectivity index (χ4n) is 1.66. The van der Waals surface area contributed by atoms with Gasteiger partial charge in [0.15, 0.2) is 0 Å². The van der Waals surface area contributed by atoms with Crippen molar-refractivity contribution in [1.82, 2.24) is 4.98 Å². The molecule has 0 saturated carbocycles. The largest absolute Gasteiger partial charge is 0.492 e. The smallest absolute Gasteiger partial charge is 0.339 e. The SMILES string of the molecule is CCc1nc(CCOc2ccccc2C(=O)O)cs1.